The molecule has 1 aromatic rings. The number of carbonyl (C=O) groups is 2. The molecule has 0 fully saturated rings. The Bertz CT molecular complexity index is 478. The van der Waals surface area contributed by atoms with Gasteiger partial charge in [0.2, 0.25) is 5.91 Å². The highest BCUT2D eigenvalue weighted by atomic mass is 16.3. The SMILES string of the molecule is CC(C)(C)C(=O)Nc1cccc(C(=O)NCCCO)c1. The smallest absolute Gasteiger partial charge is 0.251 e. The van der Waals surface area contributed by atoms with Crippen LogP contribution in [0, 0.1) is 5.41 Å². The molecule has 0 unspecified atom stereocenters. The molecular weight excluding hydrogens is 256 g/mol. The third-order valence-electron chi connectivity index (χ3n) is 2.68. The molecule has 1 aromatic carbocycles. The van der Waals surface area contributed by atoms with Crippen LogP contribution in [0.4, 0.5) is 5.69 Å². The molecule has 0 atom stereocenters. The highest BCUT2D eigenvalue weighted by Crippen LogP contribution is 2.18. The molecule has 0 saturated carbocycles. The van der Waals surface area contributed by atoms with Crippen molar-refractivity contribution < 1.29 is 14.7 Å². The zero-order valence-corrected chi connectivity index (χ0v) is 12.2. The summed E-state index contributed by atoms with van der Waals surface area (Å²) in [5.74, 6) is -0.319. The minimum absolute atomic E-state index is 0.0436. The lowest BCUT2D eigenvalue weighted by atomic mass is 9.95. The first kappa shape index (κ1) is 16.2. The largest absolute Gasteiger partial charge is 0.396 e. The summed E-state index contributed by atoms with van der Waals surface area (Å²) in [6.07, 6.45) is 0.520. The fourth-order valence-corrected chi connectivity index (χ4v) is 1.44. The van der Waals surface area contributed by atoms with Crippen LogP contribution >= 0.6 is 0 Å². The fraction of sp³-hybridized carbons (Fsp3) is 0.467. The topological polar surface area (TPSA) is 78.4 Å². The first-order valence-electron chi connectivity index (χ1n) is 6.65. The summed E-state index contributed by atoms with van der Waals surface area (Å²) >= 11 is 0. The van der Waals surface area contributed by atoms with E-state index in [4.69, 9.17) is 5.11 Å². The van der Waals surface area contributed by atoms with Gasteiger partial charge in [0.15, 0.2) is 0 Å². The Kier molecular flexibility index (Phi) is 5.70. The number of aliphatic hydroxyl groups is 1. The average molecular weight is 278 g/mol. The summed E-state index contributed by atoms with van der Waals surface area (Å²) in [6.45, 7) is 5.95. The van der Waals surface area contributed by atoms with Gasteiger partial charge in [-0.15, -0.1) is 0 Å². The molecule has 5 nitrogen and oxygen atoms in total. The van der Waals surface area contributed by atoms with Gasteiger partial charge >= 0.3 is 0 Å². The van der Waals surface area contributed by atoms with Gasteiger partial charge in [0.05, 0.1) is 0 Å². The molecule has 0 bridgehead atoms. The van der Waals surface area contributed by atoms with Crippen LogP contribution in [0.25, 0.3) is 0 Å². The molecule has 3 N–H and O–H groups in total. The average Bonchev–Trinajstić information content (AvgIpc) is 2.38. The molecule has 0 aromatic heterocycles. The van der Waals surface area contributed by atoms with Crippen molar-refractivity contribution in [2.24, 2.45) is 5.41 Å². The van der Waals surface area contributed by atoms with Gasteiger partial charge in [-0.05, 0) is 24.6 Å². The number of rotatable bonds is 5. The summed E-state index contributed by atoms with van der Waals surface area (Å²) < 4.78 is 0. The van der Waals surface area contributed by atoms with Gasteiger partial charge in [-0.1, -0.05) is 26.8 Å². The van der Waals surface area contributed by atoms with Gasteiger partial charge in [-0.2, -0.15) is 0 Å². The van der Waals surface area contributed by atoms with E-state index in [1.54, 1.807) is 24.3 Å². The zero-order chi connectivity index (χ0) is 15.2. The van der Waals surface area contributed by atoms with Crippen molar-refractivity contribution in [3.63, 3.8) is 0 Å². The first-order valence-corrected chi connectivity index (χ1v) is 6.65. The van der Waals surface area contributed by atoms with Crippen LogP contribution in [0.15, 0.2) is 24.3 Å². The van der Waals surface area contributed by atoms with Crippen LogP contribution in [-0.4, -0.2) is 30.1 Å². The Hall–Kier alpha value is -1.88. The Morgan fingerprint density at radius 2 is 1.95 bits per heavy atom. The second kappa shape index (κ2) is 7.05. The molecule has 0 radical (unpaired) electrons. The molecule has 0 heterocycles. The Morgan fingerprint density at radius 3 is 2.55 bits per heavy atom. The van der Waals surface area contributed by atoms with Crippen LogP contribution in [0.2, 0.25) is 0 Å². The zero-order valence-electron chi connectivity index (χ0n) is 12.2. The monoisotopic (exact) mass is 278 g/mol. The van der Waals surface area contributed by atoms with Crippen molar-refractivity contribution in [1.82, 2.24) is 5.32 Å². The second-order valence-electron chi connectivity index (χ2n) is 5.62. The lowest BCUT2D eigenvalue weighted by Gasteiger charge is -2.18. The van der Waals surface area contributed by atoms with E-state index in [1.165, 1.54) is 0 Å². The van der Waals surface area contributed by atoms with Gasteiger partial charge in [0, 0.05) is 29.8 Å². The van der Waals surface area contributed by atoms with Crippen molar-refractivity contribution in [1.29, 1.82) is 0 Å². The van der Waals surface area contributed by atoms with Crippen molar-refractivity contribution in [2.75, 3.05) is 18.5 Å². The first-order chi connectivity index (χ1) is 9.34. The minimum atomic E-state index is -0.487. The van der Waals surface area contributed by atoms with Crippen molar-refractivity contribution in [2.45, 2.75) is 27.2 Å². The number of hydrogen-bond donors (Lipinski definition) is 3. The number of amides is 2. The van der Waals surface area contributed by atoms with Crippen LogP contribution in [0.1, 0.15) is 37.6 Å². The number of nitrogens with one attached hydrogen (secondary N) is 2. The molecule has 110 valence electrons. The van der Waals surface area contributed by atoms with Crippen molar-refractivity contribution >= 4 is 17.5 Å². The maximum absolute atomic E-state index is 11.9. The summed E-state index contributed by atoms with van der Waals surface area (Å²) in [5, 5.41) is 14.2. The van der Waals surface area contributed by atoms with Gasteiger partial charge < -0.3 is 15.7 Å². The summed E-state index contributed by atoms with van der Waals surface area (Å²) in [5.41, 5.74) is 0.591. The molecule has 0 aliphatic heterocycles. The maximum atomic E-state index is 11.9. The molecule has 1 rings (SSSR count). The Morgan fingerprint density at radius 1 is 1.25 bits per heavy atom. The molecular formula is C15H22N2O3. The number of anilines is 1. The summed E-state index contributed by atoms with van der Waals surface area (Å²) in [6, 6.07) is 6.78. The van der Waals surface area contributed by atoms with E-state index in [9.17, 15) is 9.59 Å². The van der Waals surface area contributed by atoms with Crippen LogP contribution < -0.4 is 10.6 Å². The van der Waals surface area contributed by atoms with Crippen LogP contribution in [0.5, 0.6) is 0 Å². The normalized spacial score (nSPS) is 11.0. The number of benzene rings is 1. The van der Waals surface area contributed by atoms with E-state index in [1.807, 2.05) is 20.8 Å². The third-order valence-corrected chi connectivity index (χ3v) is 2.68. The highest BCUT2D eigenvalue weighted by Gasteiger charge is 2.21. The van der Waals surface area contributed by atoms with E-state index in [0.717, 1.165) is 0 Å². The van der Waals surface area contributed by atoms with Gasteiger partial charge in [0.25, 0.3) is 5.91 Å². The minimum Gasteiger partial charge on any atom is -0.396 e. The van der Waals surface area contributed by atoms with E-state index >= 15 is 0 Å². The van der Waals surface area contributed by atoms with E-state index < -0.39 is 5.41 Å². The highest BCUT2D eigenvalue weighted by molar-refractivity contribution is 5.98. The standard InChI is InChI=1S/C15H22N2O3/c1-15(2,3)14(20)17-12-7-4-6-11(10-12)13(19)16-8-5-9-18/h4,6-7,10,18H,5,8-9H2,1-3H3,(H,16,19)(H,17,20). The molecule has 0 saturated heterocycles. The number of hydrogen-bond acceptors (Lipinski definition) is 3. The maximum Gasteiger partial charge on any atom is 0.251 e. The van der Waals surface area contributed by atoms with Crippen molar-refractivity contribution in [3.8, 4) is 0 Å². The lowest BCUT2D eigenvalue weighted by Crippen LogP contribution is -2.28. The van der Waals surface area contributed by atoms with E-state index in [0.29, 0.717) is 24.2 Å². The fourth-order valence-electron chi connectivity index (χ4n) is 1.44. The molecule has 0 aliphatic carbocycles. The lowest BCUT2D eigenvalue weighted by molar-refractivity contribution is -0.123. The summed E-state index contributed by atoms with van der Waals surface area (Å²) in [7, 11) is 0. The number of aliphatic hydroxyl groups excluding tert-OH is 1. The van der Waals surface area contributed by atoms with Gasteiger partial charge in [-0.3, -0.25) is 9.59 Å². The molecule has 20 heavy (non-hydrogen) atoms. The predicted molar refractivity (Wildman–Crippen MR) is 78.6 cm³/mol. The van der Waals surface area contributed by atoms with Crippen molar-refractivity contribution in [3.05, 3.63) is 29.8 Å². The Balaban J connectivity index is 2.71. The molecule has 0 aliphatic rings. The van der Waals surface area contributed by atoms with Crippen LogP contribution in [-0.2, 0) is 4.79 Å². The van der Waals surface area contributed by atoms with E-state index in [-0.39, 0.29) is 18.4 Å². The second-order valence-corrected chi connectivity index (χ2v) is 5.62. The van der Waals surface area contributed by atoms with Crippen LogP contribution in [0.3, 0.4) is 0 Å². The summed E-state index contributed by atoms with van der Waals surface area (Å²) in [4.78, 5) is 23.7. The van der Waals surface area contributed by atoms with E-state index in [2.05, 4.69) is 10.6 Å². The Labute approximate surface area is 119 Å². The van der Waals surface area contributed by atoms with Gasteiger partial charge in [0.1, 0.15) is 0 Å². The quantitative estimate of drug-likeness (QED) is 0.718. The molecule has 2 amide bonds. The van der Waals surface area contributed by atoms with Gasteiger partial charge in [-0.25, -0.2) is 0 Å². The predicted octanol–water partition coefficient (Wildman–Crippen LogP) is 1.78. The number of carbonyl (C=O) groups excluding carboxylic acids is 2. The molecule has 0 spiro atoms. The molecule has 5 heteroatoms. The third kappa shape index (κ3) is 5.01.